The fraction of sp³-hybridized carbons (Fsp3) is 0.625. The highest BCUT2D eigenvalue weighted by Gasteiger charge is 2.45. The van der Waals surface area contributed by atoms with Gasteiger partial charge in [-0.25, -0.2) is 0 Å². The quantitative estimate of drug-likeness (QED) is 0.917. The third-order valence-corrected chi connectivity index (χ3v) is 5.78. The van der Waals surface area contributed by atoms with E-state index in [0.29, 0.717) is 0 Å². The van der Waals surface area contributed by atoms with Gasteiger partial charge in [0.15, 0.2) is 0 Å². The van der Waals surface area contributed by atoms with Crippen LogP contribution in [0.4, 0.5) is 0 Å². The van der Waals surface area contributed by atoms with Gasteiger partial charge in [0, 0.05) is 17.5 Å². The van der Waals surface area contributed by atoms with Gasteiger partial charge in [-0.05, 0) is 54.7 Å². The molecule has 0 bridgehead atoms. The summed E-state index contributed by atoms with van der Waals surface area (Å²) in [6, 6.07) is 6.80. The predicted molar refractivity (Wildman–Crippen MR) is 82.3 cm³/mol. The van der Waals surface area contributed by atoms with Crippen LogP contribution in [0.1, 0.15) is 42.7 Å². The van der Waals surface area contributed by atoms with Crippen LogP contribution in [0.25, 0.3) is 0 Å². The molecule has 0 atom stereocenters. The summed E-state index contributed by atoms with van der Waals surface area (Å²) in [5, 5.41) is 0. The summed E-state index contributed by atoms with van der Waals surface area (Å²) in [6.45, 7) is 0.743. The minimum Gasteiger partial charge on any atom is -0.496 e. The first kappa shape index (κ1) is 13.3. The lowest BCUT2D eigenvalue weighted by atomic mass is 9.87. The van der Waals surface area contributed by atoms with E-state index in [-0.39, 0.29) is 5.41 Å². The van der Waals surface area contributed by atoms with E-state index in [1.165, 1.54) is 48.3 Å². The molecule has 1 aliphatic carbocycles. The summed E-state index contributed by atoms with van der Waals surface area (Å²) < 4.78 is 5.56. The highest BCUT2D eigenvalue weighted by Crippen LogP contribution is 2.51. The van der Waals surface area contributed by atoms with Gasteiger partial charge in [-0.3, -0.25) is 0 Å². The standard InChI is InChI=1S/C16H23NOS/c1-18-15-3-2-13(12-4-8-19-9-5-12)10-14(15)16(11-17)6-7-16/h2-3,10,12H,4-9,11,17H2,1H3. The predicted octanol–water partition coefficient (Wildman–Crippen LogP) is 3.30. The van der Waals surface area contributed by atoms with E-state index < -0.39 is 0 Å². The van der Waals surface area contributed by atoms with Crippen molar-refractivity contribution in [2.24, 2.45) is 5.73 Å². The Hall–Kier alpha value is -0.670. The van der Waals surface area contributed by atoms with Crippen LogP contribution in [0.2, 0.25) is 0 Å². The molecule has 19 heavy (non-hydrogen) atoms. The molecule has 0 unspecified atom stereocenters. The van der Waals surface area contributed by atoms with Gasteiger partial charge < -0.3 is 10.5 Å². The second-order valence-electron chi connectivity index (χ2n) is 5.83. The molecule has 0 aromatic heterocycles. The Bertz CT molecular complexity index is 450. The van der Waals surface area contributed by atoms with E-state index in [1.54, 1.807) is 7.11 Å². The molecule has 2 aliphatic rings. The van der Waals surface area contributed by atoms with Gasteiger partial charge in [0.2, 0.25) is 0 Å². The Morgan fingerprint density at radius 2 is 2.05 bits per heavy atom. The molecule has 1 aliphatic heterocycles. The fourth-order valence-electron chi connectivity index (χ4n) is 3.16. The summed E-state index contributed by atoms with van der Waals surface area (Å²) in [7, 11) is 1.77. The Morgan fingerprint density at radius 3 is 2.63 bits per heavy atom. The summed E-state index contributed by atoms with van der Waals surface area (Å²) in [5.74, 6) is 4.36. The Morgan fingerprint density at radius 1 is 1.32 bits per heavy atom. The summed E-state index contributed by atoms with van der Waals surface area (Å²) in [4.78, 5) is 0. The van der Waals surface area contributed by atoms with Crippen molar-refractivity contribution in [1.29, 1.82) is 0 Å². The van der Waals surface area contributed by atoms with E-state index in [2.05, 4.69) is 30.0 Å². The van der Waals surface area contributed by atoms with Gasteiger partial charge in [0.05, 0.1) is 7.11 Å². The Balaban J connectivity index is 1.92. The van der Waals surface area contributed by atoms with Gasteiger partial charge in [0.25, 0.3) is 0 Å². The van der Waals surface area contributed by atoms with Crippen LogP contribution in [0.5, 0.6) is 5.75 Å². The molecule has 0 amide bonds. The maximum atomic E-state index is 5.99. The molecule has 3 heteroatoms. The number of thioether (sulfide) groups is 1. The van der Waals surface area contributed by atoms with Gasteiger partial charge in [-0.1, -0.05) is 12.1 Å². The minimum atomic E-state index is 0.213. The van der Waals surface area contributed by atoms with Crippen molar-refractivity contribution in [1.82, 2.24) is 0 Å². The van der Waals surface area contributed by atoms with Crippen molar-refractivity contribution in [3.05, 3.63) is 29.3 Å². The van der Waals surface area contributed by atoms with Crippen LogP contribution < -0.4 is 10.5 Å². The van der Waals surface area contributed by atoms with Crippen LogP contribution in [-0.4, -0.2) is 25.2 Å². The molecule has 1 saturated heterocycles. The van der Waals surface area contributed by atoms with Crippen LogP contribution in [0.3, 0.4) is 0 Å². The molecule has 1 heterocycles. The van der Waals surface area contributed by atoms with Crippen LogP contribution in [0, 0.1) is 0 Å². The van der Waals surface area contributed by atoms with Gasteiger partial charge >= 0.3 is 0 Å². The molecule has 1 aromatic rings. The largest absolute Gasteiger partial charge is 0.496 e. The normalized spacial score (nSPS) is 22.2. The molecule has 1 saturated carbocycles. The van der Waals surface area contributed by atoms with Gasteiger partial charge in [-0.15, -0.1) is 0 Å². The molecular formula is C16H23NOS. The average Bonchev–Trinajstić information content (AvgIpc) is 3.28. The summed E-state index contributed by atoms with van der Waals surface area (Å²) >= 11 is 2.08. The van der Waals surface area contributed by atoms with Gasteiger partial charge in [0.1, 0.15) is 5.75 Å². The number of hydrogen-bond acceptors (Lipinski definition) is 3. The number of benzene rings is 1. The maximum Gasteiger partial charge on any atom is 0.122 e. The zero-order valence-corrected chi connectivity index (χ0v) is 12.5. The number of nitrogens with two attached hydrogens (primary N) is 1. The van der Waals surface area contributed by atoms with E-state index in [4.69, 9.17) is 10.5 Å². The monoisotopic (exact) mass is 277 g/mol. The van der Waals surface area contributed by atoms with Gasteiger partial charge in [-0.2, -0.15) is 11.8 Å². The fourth-order valence-corrected chi connectivity index (χ4v) is 4.27. The van der Waals surface area contributed by atoms with Crippen molar-refractivity contribution in [2.75, 3.05) is 25.2 Å². The van der Waals surface area contributed by atoms with Crippen molar-refractivity contribution in [2.45, 2.75) is 37.0 Å². The number of ether oxygens (including phenoxy) is 1. The lowest BCUT2D eigenvalue weighted by Crippen LogP contribution is -2.21. The van der Waals surface area contributed by atoms with E-state index in [1.807, 2.05) is 0 Å². The lowest BCUT2D eigenvalue weighted by molar-refractivity contribution is 0.403. The second kappa shape index (κ2) is 5.37. The molecular weight excluding hydrogens is 254 g/mol. The SMILES string of the molecule is COc1ccc(C2CCSCC2)cc1C1(CN)CC1. The first-order valence-corrected chi connectivity index (χ1v) is 8.41. The molecule has 3 rings (SSSR count). The summed E-state index contributed by atoms with van der Waals surface area (Å²) in [6.07, 6.45) is 5.05. The molecule has 1 aromatic carbocycles. The van der Waals surface area contributed by atoms with E-state index in [9.17, 15) is 0 Å². The van der Waals surface area contributed by atoms with Crippen molar-refractivity contribution in [3.63, 3.8) is 0 Å². The summed E-state index contributed by atoms with van der Waals surface area (Å²) in [5.41, 5.74) is 9.06. The molecule has 2 N–H and O–H groups in total. The number of rotatable bonds is 4. The van der Waals surface area contributed by atoms with Crippen molar-refractivity contribution >= 4 is 11.8 Å². The highest BCUT2D eigenvalue weighted by molar-refractivity contribution is 7.99. The Labute approximate surface area is 120 Å². The van der Waals surface area contributed by atoms with Crippen molar-refractivity contribution < 1.29 is 4.74 Å². The van der Waals surface area contributed by atoms with Crippen LogP contribution in [0.15, 0.2) is 18.2 Å². The van der Waals surface area contributed by atoms with Crippen molar-refractivity contribution in [3.8, 4) is 5.75 Å². The van der Waals surface area contributed by atoms with E-state index >= 15 is 0 Å². The molecule has 2 fully saturated rings. The number of methoxy groups -OCH3 is 1. The number of hydrogen-bond donors (Lipinski definition) is 1. The topological polar surface area (TPSA) is 35.2 Å². The second-order valence-corrected chi connectivity index (χ2v) is 7.06. The highest BCUT2D eigenvalue weighted by atomic mass is 32.2. The maximum absolute atomic E-state index is 5.99. The first-order chi connectivity index (χ1) is 9.29. The smallest absolute Gasteiger partial charge is 0.122 e. The molecule has 0 spiro atoms. The zero-order chi connectivity index (χ0) is 13.3. The lowest BCUT2D eigenvalue weighted by Gasteiger charge is -2.24. The zero-order valence-electron chi connectivity index (χ0n) is 11.7. The third kappa shape index (κ3) is 2.50. The third-order valence-electron chi connectivity index (χ3n) is 4.73. The molecule has 0 radical (unpaired) electrons. The molecule has 104 valence electrons. The Kier molecular flexibility index (Phi) is 3.77. The average molecular weight is 277 g/mol. The van der Waals surface area contributed by atoms with Crippen LogP contribution in [-0.2, 0) is 5.41 Å². The molecule has 2 nitrogen and oxygen atoms in total. The van der Waals surface area contributed by atoms with E-state index in [0.717, 1.165) is 18.2 Å². The van der Waals surface area contributed by atoms with Crippen LogP contribution >= 0.6 is 11.8 Å². The first-order valence-electron chi connectivity index (χ1n) is 7.25. The minimum absolute atomic E-state index is 0.213.